The summed E-state index contributed by atoms with van der Waals surface area (Å²) >= 11 is 0. The zero-order chi connectivity index (χ0) is 22.6. The van der Waals surface area contributed by atoms with E-state index in [0.717, 1.165) is 38.7 Å². The largest absolute Gasteiger partial charge is 0.294 e. The van der Waals surface area contributed by atoms with Crippen molar-refractivity contribution in [1.82, 2.24) is 14.1 Å². The Morgan fingerprint density at radius 2 is 0.912 bits per heavy atom. The number of aromatic nitrogens is 3. The van der Waals surface area contributed by atoms with Crippen LogP contribution in [-0.2, 0) is 0 Å². The van der Waals surface area contributed by atoms with Crippen LogP contribution in [0.15, 0.2) is 109 Å². The molecule has 4 heteroatoms. The van der Waals surface area contributed by atoms with E-state index in [1.165, 1.54) is 10.8 Å². The Morgan fingerprint density at radius 1 is 0.500 bits per heavy atom. The molecule has 0 spiro atoms. The zero-order valence-corrected chi connectivity index (χ0v) is 18.2. The number of fused-ring (bicyclic) bond motifs is 6. The van der Waals surface area contributed by atoms with Crippen LogP contribution in [0.5, 0.6) is 0 Å². The quantitative estimate of drug-likeness (QED) is 0.290. The number of nitrogens with zero attached hydrogens (tertiary/aromatic N) is 4. The molecule has 0 saturated carbocycles. The van der Waals surface area contributed by atoms with Crippen LogP contribution in [-0.4, -0.2) is 14.1 Å². The topological polar surface area (TPSA) is 46.5 Å². The van der Waals surface area contributed by atoms with Gasteiger partial charge in [-0.2, -0.15) is 5.26 Å². The minimum atomic E-state index is 0.538. The van der Waals surface area contributed by atoms with E-state index < -0.39 is 0 Å². The molecule has 34 heavy (non-hydrogen) atoms. The first kappa shape index (κ1) is 18.7. The molecule has 0 radical (unpaired) electrons. The van der Waals surface area contributed by atoms with Crippen LogP contribution in [0.3, 0.4) is 0 Å². The van der Waals surface area contributed by atoms with E-state index in [1.807, 2.05) is 36.4 Å². The fourth-order valence-corrected chi connectivity index (χ4v) is 5.14. The minimum Gasteiger partial charge on any atom is -0.294 e. The van der Waals surface area contributed by atoms with Crippen molar-refractivity contribution >= 4 is 43.6 Å². The van der Waals surface area contributed by atoms with Gasteiger partial charge in [-0.1, -0.05) is 72.8 Å². The number of hydrogen-bond acceptors (Lipinski definition) is 2. The smallest absolute Gasteiger partial charge is 0.158 e. The molecular formula is C30H18N4. The summed E-state index contributed by atoms with van der Waals surface area (Å²) in [5.74, 6) is 1.42. The van der Waals surface area contributed by atoms with Gasteiger partial charge in [0.2, 0.25) is 0 Å². The summed E-state index contributed by atoms with van der Waals surface area (Å²) in [5.41, 5.74) is 4.79. The molecule has 0 amide bonds. The highest BCUT2D eigenvalue weighted by Crippen LogP contribution is 2.34. The van der Waals surface area contributed by atoms with E-state index in [1.54, 1.807) is 0 Å². The lowest BCUT2D eigenvalue weighted by Gasteiger charge is -2.13. The Morgan fingerprint density at radius 3 is 1.35 bits per heavy atom. The molecule has 0 aliphatic rings. The first-order valence-electron chi connectivity index (χ1n) is 11.2. The van der Waals surface area contributed by atoms with Crippen molar-refractivity contribution in [3.05, 3.63) is 115 Å². The molecule has 3 aromatic heterocycles. The van der Waals surface area contributed by atoms with Crippen molar-refractivity contribution < 1.29 is 0 Å². The van der Waals surface area contributed by atoms with Gasteiger partial charge in [0.15, 0.2) is 5.82 Å². The molecule has 0 aliphatic carbocycles. The lowest BCUT2D eigenvalue weighted by Crippen LogP contribution is -2.05. The molecule has 0 atom stereocenters. The predicted octanol–water partition coefficient (Wildman–Crippen LogP) is 7.15. The van der Waals surface area contributed by atoms with E-state index >= 15 is 0 Å². The molecule has 7 aromatic rings. The molecule has 3 heterocycles. The summed E-state index contributed by atoms with van der Waals surface area (Å²) in [5, 5.41) is 14.7. The van der Waals surface area contributed by atoms with Crippen molar-refractivity contribution in [2.45, 2.75) is 0 Å². The Hall–Kier alpha value is -4.88. The molecule has 158 valence electrons. The number of pyridine rings is 1. The molecule has 7 rings (SSSR count). The lowest BCUT2D eigenvalue weighted by atomic mass is 10.2. The minimum absolute atomic E-state index is 0.538. The van der Waals surface area contributed by atoms with Gasteiger partial charge in [0.1, 0.15) is 11.9 Å². The van der Waals surface area contributed by atoms with Gasteiger partial charge in [-0.3, -0.25) is 9.13 Å². The maximum absolute atomic E-state index is 10.0. The molecule has 0 unspecified atom stereocenters. The third-order valence-electron chi connectivity index (χ3n) is 6.58. The first-order valence-corrected chi connectivity index (χ1v) is 11.2. The van der Waals surface area contributed by atoms with Crippen molar-refractivity contribution in [2.24, 2.45) is 0 Å². The summed E-state index contributed by atoms with van der Waals surface area (Å²) < 4.78 is 4.30. The number of nitriles is 1. The van der Waals surface area contributed by atoms with Crippen molar-refractivity contribution in [3.63, 3.8) is 0 Å². The van der Waals surface area contributed by atoms with Crippen LogP contribution in [0.2, 0.25) is 0 Å². The second kappa shape index (κ2) is 7.06. The maximum Gasteiger partial charge on any atom is 0.158 e. The van der Waals surface area contributed by atoms with E-state index in [-0.39, 0.29) is 0 Å². The standard InChI is InChI=1S/C30H18N4/c31-19-20-17-18-29(33-25-13-5-1-9-21(25)22-10-2-6-14-26(22)33)32-30(20)34-27-15-7-3-11-23(27)24-12-4-8-16-28(24)34/h1-18H. The average Bonchev–Trinajstić information content (AvgIpc) is 3.41. The Balaban J connectivity index is 1.60. The van der Waals surface area contributed by atoms with Crippen molar-refractivity contribution in [3.8, 4) is 17.7 Å². The Kier molecular flexibility index (Phi) is 3.88. The normalized spacial score (nSPS) is 11.5. The van der Waals surface area contributed by atoms with Crippen molar-refractivity contribution in [1.29, 1.82) is 5.26 Å². The maximum atomic E-state index is 10.0. The monoisotopic (exact) mass is 434 g/mol. The van der Waals surface area contributed by atoms with Crippen LogP contribution < -0.4 is 0 Å². The van der Waals surface area contributed by atoms with Gasteiger partial charge in [-0.25, -0.2) is 4.98 Å². The van der Waals surface area contributed by atoms with Crippen LogP contribution in [0, 0.1) is 11.3 Å². The van der Waals surface area contributed by atoms with Gasteiger partial charge in [0.25, 0.3) is 0 Å². The third-order valence-corrected chi connectivity index (χ3v) is 6.58. The molecule has 4 nitrogen and oxygen atoms in total. The van der Waals surface area contributed by atoms with Gasteiger partial charge in [-0.05, 0) is 36.4 Å². The molecule has 4 aromatic carbocycles. The van der Waals surface area contributed by atoms with Gasteiger partial charge in [0.05, 0.1) is 27.6 Å². The molecular weight excluding hydrogens is 416 g/mol. The highest BCUT2D eigenvalue weighted by atomic mass is 15.1. The average molecular weight is 435 g/mol. The van der Waals surface area contributed by atoms with Crippen LogP contribution in [0.1, 0.15) is 5.56 Å². The predicted molar refractivity (Wildman–Crippen MR) is 138 cm³/mol. The second-order valence-corrected chi connectivity index (χ2v) is 8.39. The first-order chi connectivity index (χ1) is 16.8. The fourth-order valence-electron chi connectivity index (χ4n) is 5.14. The van der Waals surface area contributed by atoms with E-state index in [4.69, 9.17) is 4.98 Å². The van der Waals surface area contributed by atoms with E-state index in [9.17, 15) is 5.26 Å². The molecule has 0 fully saturated rings. The van der Waals surface area contributed by atoms with Crippen molar-refractivity contribution in [2.75, 3.05) is 0 Å². The number of hydrogen-bond donors (Lipinski definition) is 0. The van der Waals surface area contributed by atoms with Gasteiger partial charge < -0.3 is 0 Å². The number of rotatable bonds is 2. The summed E-state index contributed by atoms with van der Waals surface area (Å²) in [6, 6.07) is 39.5. The zero-order valence-electron chi connectivity index (χ0n) is 18.2. The number of benzene rings is 4. The molecule has 0 saturated heterocycles. The molecule has 0 N–H and O–H groups in total. The number of para-hydroxylation sites is 4. The third kappa shape index (κ3) is 2.49. The van der Waals surface area contributed by atoms with E-state index in [2.05, 4.69) is 88.0 Å². The summed E-state index contributed by atoms with van der Waals surface area (Å²) in [7, 11) is 0. The lowest BCUT2D eigenvalue weighted by molar-refractivity contribution is 1.01. The molecule has 0 bridgehead atoms. The van der Waals surface area contributed by atoms with Gasteiger partial charge in [-0.15, -0.1) is 0 Å². The molecule has 0 aliphatic heterocycles. The van der Waals surface area contributed by atoms with Crippen LogP contribution >= 0.6 is 0 Å². The summed E-state index contributed by atoms with van der Waals surface area (Å²) in [6.45, 7) is 0. The Labute approximate surface area is 195 Å². The highest BCUT2D eigenvalue weighted by molar-refractivity contribution is 6.10. The van der Waals surface area contributed by atoms with E-state index in [0.29, 0.717) is 11.4 Å². The summed E-state index contributed by atoms with van der Waals surface area (Å²) in [6.07, 6.45) is 0. The second-order valence-electron chi connectivity index (χ2n) is 8.39. The Bertz CT molecular complexity index is 1820. The van der Waals surface area contributed by atoms with Gasteiger partial charge >= 0.3 is 0 Å². The fraction of sp³-hybridized carbons (Fsp3) is 0. The highest BCUT2D eigenvalue weighted by Gasteiger charge is 2.18. The van der Waals surface area contributed by atoms with Crippen LogP contribution in [0.4, 0.5) is 0 Å². The van der Waals surface area contributed by atoms with Crippen LogP contribution in [0.25, 0.3) is 55.2 Å². The SMILES string of the molecule is N#Cc1ccc(-n2c3ccccc3c3ccccc32)nc1-n1c2ccccc2c2ccccc21. The van der Waals surface area contributed by atoms with Gasteiger partial charge in [0, 0.05) is 21.5 Å². The summed E-state index contributed by atoms with van der Waals surface area (Å²) in [4.78, 5) is 5.13.